The predicted octanol–water partition coefficient (Wildman–Crippen LogP) is 1.69. The Morgan fingerprint density at radius 2 is 1.91 bits per heavy atom. The normalized spacial score (nSPS) is 14.7. The lowest BCUT2D eigenvalue weighted by Gasteiger charge is -2.34. The Morgan fingerprint density at radius 1 is 1.17 bits per heavy atom. The maximum absolute atomic E-state index is 11.9. The molecule has 1 aliphatic rings. The van der Waals surface area contributed by atoms with Crippen LogP contribution in [-0.4, -0.2) is 101 Å². The number of hydrogen-bond acceptors (Lipinski definition) is 8. The van der Waals surface area contributed by atoms with E-state index in [-0.39, 0.29) is 11.6 Å². The van der Waals surface area contributed by atoms with Gasteiger partial charge in [0.05, 0.1) is 24.4 Å². The molecule has 0 N–H and O–H groups in total. The number of likely N-dealkylation sites (N-methyl/N-ethyl adjacent to an activating group) is 1. The lowest BCUT2D eigenvalue weighted by atomic mass is 10.1. The van der Waals surface area contributed by atoms with Crippen LogP contribution >= 0.6 is 0 Å². The van der Waals surface area contributed by atoms with Gasteiger partial charge in [0, 0.05) is 59.4 Å². The summed E-state index contributed by atoms with van der Waals surface area (Å²) < 4.78 is 7.70. The molecule has 184 valence electrons. The summed E-state index contributed by atoms with van der Waals surface area (Å²) in [6.45, 7) is 7.93. The van der Waals surface area contributed by atoms with Crippen LogP contribution in [0.2, 0.25) is 0 Å². The molecule has 1 aliphatic heterocycles. The van der Waals surface area contributed by atoms with Crippen LogP contribution in [-0.2, 0) is 11.8 Å². The van der Waals surface area contributed by atoms with Crippen molar-refractivity contribution in [1.29, 1.82) is 5.26 Å². The molecular weight excluding hydrogens is 444 g/mol. The minimum absolute atomic E-state index is 0.157. The molecule has 2 aromatic heterocycles. The average Bonchev–Trinajstić information content (AvgIpc) is 3.23. The van der Waals surface area contributed by atoms with Gasteiger partial charge in [-0.15, -0.1) is 5.10 Å². The second-order valence-electron chi connectivity index (χ2n) is 9.14. The fourth-order valence-corrected chi connectivity index (χ4v) is 4.20. The lowest BCUT2D eigenvalue weighted by molar-refractivity contribution is -0.130. The third-order valence-electron chi connectivity index (χ3n) is 6.38. The van der Waals surface area contributed by atoms with Crippen LogP contribution in [0.15, 0.2) is 24.3 Å². The molecule has 10 heteroatoms. The third-order valence-corrected chi connectivity index (χ3v) is 6.38. The molecule has 35 heavy (non-hydrogen) atoms. The molecule has 1 saturated heterocycles. The molecule has 1 fully saturated rings. The molecule has 0 bridgehead atoms. The summed E-state index contributed by atoms with van der Waals surface area (Å²) in [5.74, 6) is 1.01. The quantitative estimate of drug-likeness (QED) is 0.453. The van der Waals surface area contributed by atoms with Crippen LogP contribution in [0.25, 0.3) is 22.3 Å². The van der Waals surface area contributed by atoms with E-state index in [2.05, 4.69) is 31.2 Å². The first-order valence-electron chi connectivity index (χ1n) is 11.8. The first-order chi connectivity index (χ1) is 16.9. The summed E-state index contributed by atoms with van der Waals surface area (Å²) in [6.07, 6.45) is 0.940. The first kappa shape index (κ1) is 24.6. The van der Waals surface area contributed by atoms with E-state index >= 15 is 0 Å². The lowest BCUT2D eigenvalue weighted by Crippen LogP contribution is -2.49. The second-order valence-corrected chi connectivity index (χ2v) is 9.14. The van der Waals surface area contributed by atoms with Crippen molar-refractivity contribution in [2.24, 2.45) is 7.05 Å². The van der Waals surface area contributed by atoms with Gasteiger partial charge in [-0.05, 0) is 43.2 Å². The number of pyridine rings is 1. The van der Waals surface area contributed by atoms with Gasteiger partial charge in [0.25, 0.3) is 0 Å². The highest BCUT2D eigenvalue weighted by Gasteiger charge is 2.19. The van der Waals surface area contributed by atoms with E-state index in [1.807, 2.05) is 31.2 Å². The van der Waals surface area contributed by atoms with E-state index in [0.29, 0.717) is 24.4 Å². The second kappa shape index (κ2) is 10.8. The summed E-state index contributed by atoms with van der Waals surface area (Å²) in [4.78, 5) is 22.7. The molecule has 0 radical (unpaired) electrons. The average molecular weight is 477 g/mol. The maximum atomic E-state index is 11.9. The zero-order chi connectivity index (χ0) is 24.9. The van der Waals surface area contributed by atoms with E-state index in [4.69, 9.17) is 4.74 Å². The van der Waals surface area contributed by atoms with Gasteiger partial charge in [-0.3, -0.25) is 9.69 Å². The molecule has 4 rings (SSSR count). The minimum Gasteiger partial charge on any atom is -0.493 e. The molecule has 0 saturated carbocycles. The molecule has 0 aliphatic carbocycles. The van der Waals surface area contributed by atoms with Crippen molar-refractivity contribution in [1.82, 2.24) is 34.7 Å². The Labute approximate surface area is 205 Å². The van der Waals surface area contributed by atoms with Gasteiger partial charge in [0.15, 0.2) is 5.69 Å². The van der Waals surface area contributed by atoms with E-state index < -0.39 is 0 Å². The summed E-state index contributed by atoms with van der Waals surface area (Å²) in [6, 6.07) is 9.99. The van der Waals surface area contributed by atoms with Crippen LogP contribution in [0.3, 0.4) is 0 Å². The number of nitrogens with zero attached hydrogens (tertiary/aromatic N) is 8. The van der Waals surface area contributed by atoms with Gasteiger partial charge in [-0.2, -0.15) is 5.26 Å². The summed E-state index contributed by atoms with van der Waals surface area (Å²) in [7, 11) is 5.40. The third kappa shape index (κ3) is 5.75. The molecule has 1 aromatic carbocycles. The molecule has 0 atom stereocenters. The van der Waals surface area contributed by atoms with Crippen LogP contribution < -0.4 is 4.74 Å². The molecule has 3 aromatic rings. The highest BCUT2D eigenvalue weighted by molar-refractivity contribution is 5.83. The number of carbonyl (C=O) groups is 1. The minimum atomic E-state index is 0.157. The molecular formula is C25H32N8O2. The number of carbonyl (C=O) groups excluding carboxylic acids is 1. The van der Waals surface area contributed by atoms with Crippen LogP contribution in [0.5, 0.6) is 5.75 Å². The van der Waals surface area contributed by atoms with Gasteiger partial charge in [0.2, 0.25) is 5.91 Å². The SMILES string of the molecule is Cc1cc(-c2cc3c(nnn3C)c(C#N)n2)ccc1OCCCN1CCN(CC(=O)N(C)C)CC1. The molecule has 3 heterocycles. The van der Waals surface area contributed by atoms with E-state index in [1.54, 1.807) is 30.7 Å². The number of aromatic nitrogens is 4. The van der Waals surface area contributed by atoms with Crippen molar-refractivity contribution in [2.45, 2.75) is 13.3 Å². The number of ether oxygens (including phenoxy) is 1. The summed E-state index contributed by atoms with van der Waals surface area (Å²) in [5, 5.41) is 17.5. The van der Waals surface area contributed by atoms with Crippen molar-refractivity contribution in [3.63, 3.8) is 0 Å². The zero-order valence-corrected chi connectivity index (χ0v) is 20.9. The Bertz CT molecular complexity index is 1240. The zero-order valence-electron chi connectivity index (χ0n) is 20.9. The van der Waals surface area contributed by atoms with Crippen molar-refractivity contribution in [3.8, 4) is 23.1 Å². The van der Waals surface area contributed by atoms with Gasteiger partial charge in [-0.25, -0.2) is 9.67 Å². The van der Waals surface area contributed by atoms with E-state index in [1.165, 1.54) is 0 Å². The highest BCUT2D eigenvalue weighted by Crippen LogP contribution is 2.28. The smallest absolute Gasteiger partial charge is 0.236 e. The first-order valence-corrected chi connectivity index (χ1v) is 11.8. The number of nitriles is 1. The number of hydrogen-bond donors (Lipinski definition) is 0. The van der Waals surface area contributed by atoms with Gasteiger partial charge in [0.1, 0.15) is 17.3 Å². The van der Waals surface area contributed by atoms with Crippen molar-refractivity contribution in [3.05, 3.63) is 35.5 Å². The predicted molar refractivity (Wildman–Crippen MR) is 133 cm³/mol. The van der Waals surface area contributed by atoms with Crippen molar-refractivity contribution in [2.75, 3.05) is 60.0 Å². The molecule has 1 amide bonds. The standard InChI is InChI=1S/C25H32N8O2/c1-18-14-19(20-15-22-25(21(16-26)27-20)28-29-31(22)4)6-7-23(18)35-13-5-8-32-9-11-33(12-10-32)17-24(34)30(2)3/h6-7,14-15H,5,8-13,17H2,1-4H3. The Kier molecular flexibility index (Phi) is 7.58. The summed E-state index contributed by atoms with van der Waals surface area (Å²) in [5.41, 5.74) is 4.20. The molecule has 0 spiro atoms. The van der Waals surface area contributed by atoms with Gasteiger partial charge in [-0.1, -0.05) is 5.21 Å². The fraction of sp³-hybridized carbons (Fsp3) is 0.480. The van der Waals surface area contributed by atoms with Crippen LogP contribution in [0, 0.1) is 18.3 Å². The Morgan fingerprint density at radius 3 is 2.60 bits per heavy atom. The fourth-order valence-electron chi connectivity index (χ4n) is 4.20. The molecule has 0 unspecified atom stereocenters. The number of rotatable bonds is 8. The number of benzene rings is 1. The van der Waals surface area contributed by atoms with Gasteiger partial charge >= 0.3 is 0 Å². The van der Waals surface area contributed by atoms with Crippen molar-refractivity contribution >= 4 is 16.9 Å². The maximum Gasteiger partial charge on any atom is 0.236 e. The number of amides is 1. The van der Waals surface area contributed by atoms with Crippen LogP contribution in [0.1, 0.15) is 17.7 Å². The van der Waals surface area contributed by atoms with Crippen molar-refractivity contribution < 1.29 is 9.53 Å². The van der Waals surface area contributed by atoms with E-state index in [0.717, 1.165) is 61.5 Å². The molecule has 10 nitrogen and oxygen atoms in total. The summed E-state index contributed by atoms with van der Waals surface area (Å²) >= 11 is 0. The van der Waals surface area contributed by atoms with Gasteiger partial charge < -0.3 is 14.5 Å². The monoisotopic (exact) mass is 476 g/mol. The number of aryl methyl sites for hydroxylation is 2. The van der Waals surface area contributed by atoms with Crippen LogP contribution in [0.4, 0.5) is 0 Å². The largest absolute Gasteiger partial charge is 0.493 e. The number of piperazine rings is 1. The topological polar surface area (TPSA) is 103 Å². The highest BCUT2D eigenvalue weighted by atomic mass is 16.5. The Hall–Kier alpha value is -3.55. The number of fused-ring (bicyclic) bond motifs is 1. The van der Waals surface area contributed by atoms with E-state index in [9.17, 15) is 10.1 Å². The Balaban J connectivity index is 1.28.